The van der Waals surface area contributed by atoms with Gasteiger partial charge in [0, 0.05) is 0 Å². The van der Waals surface area contributed by atoms with Gasteiger partial charge in [0.1, 0.15) is 10.1 Å². The number of allylic oxidation sites excluding steroid dienone is 4. The van der Waals surface area contributed by atoms with Crippen LogP contribution < -0.4 is 0 Å². The zero-order valence-corrected chi connectivity index (χ0v) is 33.2. The fraction of sp³-hybridized carbons (Fsp3) is 0.200. The second-order valence-electron chi connectivity index (χ2n) is 16.2. The average Bonchev–Trinajstić information content (AvgIpc) is 3.65. The van der Waals surface area contributed by atoms with E-state index in [0.717, 1.165) is 77.9 Å². The van der Waals surface area contributed by atoms with Crippen LogP contribution in [0.3, 0.4) is 0 Å². The van der Waals surface area contributed by atoms with Crippen LogP contribution in [0.2, 0.25) is 0 Å². The summed E-state index contributed by atoms with van der Waals surface area (Å²) in [6.45, 7) is 12.6. The van der Waals surface area contributed by atoms with Crippen LogP contribution in [-0.4, -0.2) is 11.6 Å². The van der Waals surface area contributed by atoms with E-state index in [9.17, 15) is 10.5 Å². The van der Waals surface area contributed by atoms with Crippen LogP contribution in [0.1, 0.15) is 77.9 Å². The summed E-state index contributed by atoms with van der Waals surface area (Å²) in [5.74, 6) is -1.64. The van der Waals surface area contributed by atoms with Crippen molar-refractivity contribution in [1.29, 1.82) is 10.5 Å². The standard InChI is InChI=1S/C50H34Cl2N2O2/c1-25-19-27(3)37(28(4)20-25)39-31-13-7-9-15-33(31)49-35-17-11-12-18-36(35)50(48(24-54)46(56)44(52)43(51)45(55)47(48,49)23-53)34-16-10-8-14-32(34)40(42(50)41(39)49)38-29(5)21-26(2)22-30(38)6/h7-22H,1-6H3/t47-,48+,49+,50-. The van der Waals surface area contributed by atoms with Gasteiger partial charge in [-0.2, -0.15) is 10.5 Å². The van der Waals surface area contributed by atoms with Crippen LogP contribution in [0.5, 0.6) is 0 Å². The Kier molecular flexibility index (Phi) is 6.79. The molecule has 4 atom stereocenters. The molecule has 6 heteroatoms. The van der Waals surface area contributed by atoms with E-state index in [1.165, 1.54) is 0 Å². The number of nitrogens with zero attached hydrogens (tertiary/aromatic N) is 2. The van der Waals surface area contributed by atoms with Gasteiger partial charge in [-0.05, 0) is 131 Å². The van der Waals surface area contributed by atoms with Crippen molar-refractivity contribution in [2.75, 3.05) is 0 Å². The minimum atomic E-state index is -2.39. The lowest BCUT2D eigenvalue weighted by Gasteiger charge is -2.69. The molecule has 0 saturated heterocycles. The minimum absolute atomic E-state index is 0.518. The van der Waals surface area contributed by atoms with Gasteiger partial charge in [0.15, 0.2) is 22.4 Å². The second kappa shape index (κ2) is 11.0. The van der Waals surface area contributed by atoms with E-state index in [1.54, 1.807) is 0 Å². The molecular formula is C50H34Cl2N2O2. The molecule has 0 N–H and O–H groups in total. The molecule has 1 saturated carbocycles. The number of aryl methyl sites for hydroxylation is 6. The number of nitriles is 2. The molecule has 270 valence electrons. The Morgan fingerprint density at radius 1 is 0.482 bits per heavy atom. The first-order valence-electron chi connectivity index (χ1n) is 18.8. The second-order valence-corrected chi connectivity index (χ2v) is 16.9. The number of hydrogen-bond donors (Lipinski definition) is 0. The van der Waals surface area contributed by atoms with Gasteiger partial charge in [0.25, 0.3) is 0 Å². The first-order chi connectivity index (χ1) is 26.8. The smallest absolute Gasteiger partial charge is 0.199 e. The summed E-state index contributed by atoms with van der Waals surface area (Å²) < 4.78 is 0. The molecule has 0 heterocycles. The average molecular weight is 766 g/mol. The molecule has 11 rings (SSSR count). The number of Topliss-reactive ketones (excluding diaryl/α,β-unsaturated/α-hetero) is 2. The maximum absolute atomic E-state index is 15.8. The Morgan fingerprint density at radius 3 is 1.11 bits per heavy atom. The van der Waals surface area contributed by atoms with Crippen LogP contribution in [0.15, 0.2) is 118 Å². The molecule has 1 fully saturated rings. The molecule has 2 bridgehead atoms. The first-order valence-corrected chi connectivity index (χ1v) is 19.5. The molecule has 6 aliphatic rings. The predicted molar refractivity (Wildman–Crippen MR) is 219 cm³/mol. The summed E-state index contributed by atoms with van der Waals surface area (Å²) in [6.07, 6.45) is 0. The van der Waals surface area contributed by atoms with Crippen molar-refractivity contribution < 1.29 is 9.59 Å². The van der Waals surface area contributed by atoms with Crippen molar-refractivity contribution in [2.45, 2.75) is 52.4 Å². The van der Waals surface area contributed by atoms with Gasteiger partial charge < -0.3 is 0 Å². The highest BCUT2D eigenvalue weighted by atomic mass is 35.5. The van der Waals surface area contributed by atoms with E-state index >= 15 is 9.59 Å². The number of carbonyl (C=O) groups excluding carboxylic acids is 2. The van der Waals surface area contributed by atoms with Gasteiger partial charge in [-0.25, -0.2) is 0 Å². The lowest BCUT2D eigenvalue weighted by molar-refractivity contribution is -0.147. The quantitative estimate of drug-likeness (QED) is 0.179. The third-order valence-corrected chi connectivity index (χ3v) is 14.4. The summed E-state index contributed by atoms with van der Waals surface area (Å²) in [4.78, 5) is 31.5. The van der Waals surface area contributed by atoms with E-state index in [4.69, 9.17) is 23.2 Å². The van der Waals surface area contributed by atoms with Gasteiger partial charge in [-0.1, -0.05) is 131 Å². The number of benzene rings is 5. The maximum Gasteiger partial charge on any atom is 0.199 e. The molecule has 5 aromatic carbocycles. The monoisotopic (exact) mass is 764 g/mol. The summed E-state index contributed by atoms with van der Waals surface area (Å²) in [5.41, 5.74) is 7.91. The number of carbonyl (C=O) groups is 2. The van der Waals surface area contributed by atoms with Crippen LogP contribution in [0, 0.1) is 75.0 Å². The van der Waals surface area contributed by atoms with Crippen molar-refractivity contribution in [3.63, 3.8) is 0 Å². The highest BCUT2D eigenvalue weighted by molar-refractivity contribution is 6.58. The van der Waals surface area contributed by atoms with Gasteiger partial charge in [-0.3, -0.25) is 9.59 Å². The number of hydrogen-bond acceptors (Lipinski definition) is 4. The molecule has 0 aliphatic heterocycles. The van der Waals surface area contributed by atoms with Crippen molar-refractivity contribution >= 4 is 45.9 Å². The third kappa shape index (κ3) is 3.31. The van der Waals surface area contributed by atoms with E-state index < -0.39 is 43.3 Å². The Morgan fingerprint density at radius 2 is 0.786 bits per heavy atom. The molecule has 6 aliphatic carbocycles. The fourth-order valence-electron chi connectivity index (χ4n) is 12.4. The van der Waals surface area contributed by atoms with Gasteiger partial charge in [-0.15, -0.1) is 0 Å². The molecule has 0 aromatic heterocycles. The SMILES string of the molecule is Cc1cc(C)c(C2=C3C4=C(c5c(C)cc(C)cc5C)c5ccccc5[C@@]45c4ccccc4[C@]3(c3ccccc32)[C@]2(C#N)C(=O)C(Cl)=C(Cl)C(=O)[C@]52C#N)c(C)c1. The lowest BCUT2D eigenvalue weighted by Crippen LogP contribution is -2.78. The number of halogens is 2. The van der Waals surface area contributed by atoms with Crippen LogP contribution in [0.4, 0.5) is 0 Å². The van der Waals surface area contributed by atoms with Crippen LogP contribution >= 0.6 is 23.2 Å². The molecule has 0 amide bonds. The molecular weight excluding hydrogens is 731 g/mol. The zero-order chi connectivity index (χ0) is 39.4. The third-order valence-electron chi connectivity index (χ3n) is 13.6. The number of fused-ring (bicyclic) bond motifs is 2. The largest absolute Gasteiger partial charge is 0.291 e. The van der Waals surface area contributed by atoms with Crippen molar-refractivity contribution in [3.05, 3.63) is 196 Å². The number of ketones is 2. The summed E-state index contributed by atoms with van der Waals surface area (Å²) in [6, 6.07) is 37.3. The summed E-state index contributed by atoms with van der Waals surface area (Å²) >= 11 is 13.9. The van der Waals surface area contributed by atoms with Crippen molar-refractivity contribution in [1.82, 2.24) is 0 Å². The molecule has 0 unspecified atom stereocenters. The summed E-state index contributed by atoms with van der Waals surface area (Å²) in [7, 11) is 0. The van der Waals surface area contributed by atoms with E-state index in [-0.39, 0.29) is 0 Å². The fourth-order valence-corrected chi connectivity index (χ4v) is 12.8. The topological polar surface area (TPSA) is 81.7 Å². The maximum atomic E-state index is 15.8. The highest BCUT2D eigenvalue weighted by Crippen LogP contribution is 2.86. The van der Waals surface area contributed by atoms with Gasteiger partial charge in [0.05, 0.1) is 23.0 Å². The van der Waals surface area contributed by atoms with Crippen molar-refractivity contribution in [2.24, 2.45) is 10.8 Å². The molecule has 0 radical (unpaired) electrons. The molecule has 5 aromatic rings. The molecule has 4 nitrogen and oxygen atoms in total. The Labute approximate surface area is 336 Å². The highest BCUT2D eigenvalue weighted by Gasteiger charge is 2.91. The minimum Gasteiger partial charge on any atom is -0.291 e. The Balaban J connectivity index is 1.64. The predicted octanol–water partition coefficient (Wildman–Crippen LogP) is 10.6. The Bertz CT molecular complexity index is 2740. The van der Waals surface area contributed by atoms with Crippen LogP contribution in [0.25, 0.3) is 11.1 Å². The van der Waals surface area contributed by atoms with E-state index in [2.05, 4.69) is 90.1 Å². The lowest BCUT2D eigenvalue weighted by atomic mass is 9.26. The van der Waals surface area contributed by atoms with E-state index in [0.29, 0.717) is 22.3 Å². The van der Waals surface area contributed by atoms with E-state index in [1.807, 2.05) is 60.7 Å². The van der Waals surface area contributed by atoms with Gasteiger partial charge in [0.2, 0.25) is 0 Å². The van der Waals surface area contributed by atoms with Gasteiger partial charge >= 0.3 is 0 Å². The molecule has 56 heavy (non-hydrogen) atoms. The Hall–Kier alpha value is -5.78. The first kappa shape index (κ1) is 34.7. The van der Waals surface area contributed by atoms with Crippen LogP contribution in [-0.2, 0) is 20.4 Å². The molecule has 2 spiro atoms. The normalized spacial score (nSPS) is 26.3. The summed E-state index contributed by atoms with van der Waals surface area (Å²) in [5, 5.41) is 23.4. The van der Waals surface area contributed by atoms with Crippen molar-refractivity contribution in [3.8, 4) is 12.1 Å². The number of rotatable bonds is 2. The zero-order valence-electron chi connectivity index (χ0n) is 31.7.